The van der Waals surface area contributed by atoms with Gasteiger partial charge in [0.15, 0.2) is 0 Å². The van der Waals surface area contributed by atoms with Crippen LogP contribution in [0.2, 0.25) is 0 Å². The number of aryl methyl sites for hydroxylation is 1. The predicted octanol–water partition coefficient (Wildman–Crippen LogP) is 1.23. The Morgan fingerprint density at radius 1 is 1.43 bits per heavy atom. The molecule has 0 aromatic carbocycles. The Labute approximate surface area is 86.0 Å². The third kappa shape index (κ3) is 3.52. The molecule has 0 unspecified atom stereocenters. The second kappa shape index (κ2) is 5.83. The summed E-state index contributed by atoms with van der Waals surface area (Å²) in [6.45, 7) is 5.16. The molecule has 0 amide bonds. The highest BCUT2D eigenvalue weighted by atomic mass is 16.3. The number of aliphatic hydroxyl groups is 1. The molecular formula is C11H20N2O. The van der Waals surface area contributed by atoms with Gasteiger partial charge in [-0.15, -0.1) is 0 Å². The Morgan fingerprint density at radius 2 is 2.21 bits per heavy atom. The normalized spacial score (nSPS) is 11.1. The van der Waals surface area contributed by atoms with E-state index in [2.05, 4.69) is 34.9 Å². The molecule has 0 spiro atoms. The second-order valence-electron chi connectivity index (χ2n) is 3.68. The van der Waals surface area contributed by atoms with E-state index in [1.807, 2.05) is 7.05 Å². The van der Waals surface area contributed by atoms with E-state index in [4.69, 9.17) is 5.11 Å². The van der Waals surface area contributed by atoms with Crippen LogP contribution in [0.1, 0.15) is 18.9 Å². The molecule has 0 saturated carbocycles. The Balaban J connectivity index is 2.46. The molecule has 1 N–H and O–H groups in total. The monoisotopic (exact) mass is 196 g/mol. The number of hydrogen-bond acceptors (Lipinski definition) is 2. The largest absolute Gasteiger partial charge is 0.395 e. The van der Waals surface area contributed by atoms with Crippen molar-refractivity contribution in [1.82, 2.24) is 9.47 Å². The van der Waals surface area contributed by atoms with Gasteiger partial charge < -0.3 is 9.67 Å². The van der Waals surface area contributed by atoms with Crippen LogP contribution < -0.4 is 0 Å². The lowest BCUT2D eigenvalue weighted by Crippen LogP contribution is -2.27. The van der Waals surface area contributed by atoms with Crippen LogP contribution >= 0.6 is 0 Å². The molecule has 1 heterocycles. The summed E-state index contributed by atoms with van der Waals surface area (Å²) < 4.78 is 2.05. The third-order valence-corrected chi connectivity index (χ3v) is 2.26. The van der Waals surface area contributed by atoms with E-state index in [1.54, 1.807) is 0 Å². The molecule has 1 aromatic rings. The van der Waals surface area contributed by atoms with Crippen molar-refractivity contribution in [2.75, 3.05) is 19.7 Å². The molecule has 0 radical (unpaired) electrons. The van der Waals surface area contributed by atoms with Gasteiger partial charge in [0.05, 0.1) is 6.61 Å². The molecule has 0 aliphatic rings. The Hall–Kier alpha value is -0.800. The zero-order chi connectivity index (χ0) is 10.4. The molecule has 0 atom stereocenters. The maximum absolute atomic E-state index is 8.90. The highest BCUT2D eigenvalue weighted by Gasteiger charge is 2.04. The van der Waals surface area contributed by atoms with Gasteiger partial charge in [0, 0.05) is 32.5 Å². The summed E-state index contributed by atoms with van der Waals surface area (Å²) in [5.41, 5.74) is 1.31. The highest BCUT2D eigenvalue weighted by Crippen LogP contribution is 2.05. The van der Waals surface area contributed by atoms with Crippen LogP contribution in [0.15, 0.2) is 18.5 Å². The SMILES string of the molecule is CCCN(CCO)Cc1ccn(C)c1. The molecule has 0 fully saturated rings. The van der Waals surface area contributed by atoms with Crippen molar-refractivity contribution < 1.29 is 5.11 Å². The third-order valence-electron chi connectivity index (χ3n) is 2.26. The van der Waals surface area contributed by atoms with Gasteiger partial charge in [0.1, 0.15) is 0 Å². The van der Waals surface area contributed by atoms with Crippen LogP contribution in [-0.2, 0) is 13.6 Å². The van der Waals surface area contributed by atoms with E-state index in [9.17, 15) is 0 Å². The fourth-order valence-corrected chi connectivity index (χ4v) is 1.64. The lowest BCUT2D eigenvalue weighted by atomic mass is 10.3. The van der Waals surface area contributed by atoms with E-state index in [1.165, 1.54) is 5.56 Å². The molecule has 0 aliphatic heterocycles. The smallest absolute Gasteiger partial charge is 0.0558 e. The first-order valence-electron chi connectivity index (χ1n) is 5.20. The first-order valence-corrected chi connectivity index (χ1v) is 5.20. The summed E-state index contributed by atoms with van der Waals surface area (Å²) in [5, 5.41) is 8.90. The fourth-order valence-electron chi connectivity index (χ4n) is 1.64. The van der Waals surface area contributed by atoms with Gasteiger partial charge in [0.25, 0.3) is 0 Å². The van der Waals surface area contributed by atoms with Crippen LogP contribution in [0.5, 0.6) is 0 Å². The molecule has 0 bridgehead atoms. The highest BCUT2D eigenvalue weighted by molar-refractivity contribution is 5.09. The van der Waals surface area contributed by atoms with Gasteiger partial charge >= 0.3 is 0 Å². The molecule has 3 heteroatoms. The minimum absolute atomic E-state index is 0.243. The molecule has 0 saturated heterocycles. The number of hydrogen-bond donors (Lipinski definition) is 1. The average molecular weight is 196 g/mol. The molecule has 80 valence electrons. The lowest BCUT2D eigenvalue weighted by Gasteiger charge is -2.19. The van der Waals surface area contributed by atoms with Crippen molar-refractivity contribution >= 4 is 0 Å². The van der Waals surface area contributed by atoms with Gasteiger partial charge in [-0.2, -0.15) is 0 Å². The average Bonchev–Trinajstić information content (AvgIpc) is 2.52. The number of aliphatic hydroxyl groups excluding tert-OH is 1. The summed E-state index contributed by atoms with van der Waals surface area (Å²) in [7, 11) is 2.03. The van der Waals surface area contributed by atoms with Crippen LogP contribution in [-0.4, -0.2) is 34.3 Å². The van der Waals surface area contributed by atoms with E-state index in [0.29, 0.717) is 0 Å². The van der Waals surface area contributed by atoms with E-state index in [0.717, 1.165) is 26.1 Å². The summed E-state index contributed by atoms with van der Waals surface area (Å²) in [5.74, 6) is 0. The summed E-state index contributed by atoms with van der Waals surface area (Å²) >= 11 is 0. The topological polar surface area (TPSA) is 28.4 Å². The van der Waals surface area contributed by atoms with Crippen LogP contribution in [0.4, 0.5) is 0 Å². The van der Waals surface area contributed by atoms with E-state index in [-0.39, 0.29) is 6.61 Å². The number of aromatic nitrogens is 1. The molecule has 1 rings (SSSR count). The van der Waals surface area contributed by atoms with E-state index >= 15 is 0 Å². The zero-order valence-corrected chi connectivity index (χ0v) is 9.11. The van der Waals surface area contributed by atoms with Gasteiger partial charge in [-0.05, 0) is 24.6 Å². The maximum atomic E-state index is 8.90. The summed E-state index contributed by atoms with van der Waals surface area (Å²) in [6.07, 6.45) is 5.31. The van der Waals surface area contributed by atoms with Crippen molar-refractivity contribution in [3.8, 4) is 0 Å². The molecule has 3 nitrogen and oxygen atoms in total. The maximum Gasteiger partial charge on any atom is 0.0558 e. The zero-order valence-electron chi connectivity index (χ0n) is 9.11. The minimum Gasteiger partial charge on any atom is -0.395 e. The number of rotatable bonds is 6. The Bertz CT molecular complexity index is 252. The van der Waals surface area contributed by atoms with Crippen molar-refractivity contribution in [2.24, 2.45) is 7.05 Å². The van der Waals surface area contributed by atoms with Gasteiger partial charge in [-0.1, -0.05) is 6.92 Å². The predicted molar refractivity (Wildman–Crippen MR) is 58.1 cm³/mol. The molecule has 1 aromatic heterocycles. The lowest BCUT2D eigenvalue weighted by molar-refractivity contribution is 0.190. The van der Waals surface area contributed by atoms with Gasteiger partial charge in [-0.25, -0.2) is 0 Å². The first-order chi connectivity index (χ1) is 6.76. The number of nitrogens with zero attached hydrogens (tertiary/aromatic N) is 2. The fraction of sp³-hybridized carbons (Fsp3) is 0.636. The second-order valence-corrected chi connectivity index (χ2v) is 3.68. The molecular weight excluding hydrogens is 176 g/mol. The van der Waals surface area contributed by atoms with Crippen molar-refractivity contribution in [3.05, 3.63) is 24.0 Å². The molecule has 0 aliphatic carbocycles. The summed E-state index contributed by atoms with van der Waals surface area (Å²) in [4.78, 5) is 2.27. The summed E-state index contributed by atoms with van der Waals surface area (Å²) in [6, 6.07) is 2.13. The minimum atomic E-state index is 0.243. The van der Waals surface area contributed by atoms with E-state index < -0.39 is 0 Å². The quantitative estimate of drug-likeness (QED) is 0.741. The van der Waals surface area contributed by atoms with Crippen LogP contribution in [0.3, 0.4) is 0 Å². The van der Waals surface area contributed by atoms with Crippen molar-refractivity contribution in [1.29, 1.82) is 0 Å². The van der Waals surface area contributed by atoms with Crippen LogP contribution in [0, 0.1) is 0 Å². The van der Waals surface area contributed by atoms with Crippen molar-refractivity contribution in [2.45, 2.75) is 19.9 Å². The standard InChI is InChI=1S/C11H20N2O/c1-3-5-13(7-8-14)10-11-4-6-12(2)9-11/h4,6,9,14H,3,5,7-8,10H2,1-2H3. The van der Waals surface area contributed by atoms with Gasteiger partial charge in [-0.3, -0.25) is 4.90 Å². The first kappa shape index (κ1) is 11.3. The van der Waals surface area contributed by atoms with Gasteiger partial charge in [0.2, 0.25) is 0 Å². The molecule has 14 heavy (non-hydrogen) atoms. The Kier molecular flexibility index (Phi) is 4.70. The Morgan fingerprint density at radius 3 is 2.71 bits per heavy atom. The van der Waals surface area contributed by atoms with Crippen molar-refractivity contribution in [3.63, 3.8) is 0 Å². The van der Waals surface area contributed by atoms with Crippen LogP contribution in [0.25, 0.3) is 0 Å².